The number of ether oxygens (including phenoxy) is 1. The summed E-state index contributed by atoms with van der Waals surface area (Å²) in [4.78, 5) is 9.07. The van der Waals surface area contributed by atoms with Gasteiger partial charge >= 0.3 is 0 Å². The van der Waals surface area contributed by atoms with Crippen molar-refractivity contribution in [1.29, 1.82) is 0 Å². The zero-order valence-electron chi connectivity index (χ0n) is 24.3. The van der Waals surface area contributed by atoms with Gasteiger partial charge in [0, 0.05) is 5.56 Å². The number of rotatable bonds is 24. The van der Waals surface area contributed by atoms with Crippen molar-refractivity contribution in [3.05, 3.63) is 42.2 Å². The van der Waals surface area contributed by atoms with E-state index in [1.807, 2.05) is 12.4 Å². The largest absolute Gasteiger partial charge is 0.490 e. The molecule has 0 saturated heterocycles. The fraction of sp³-hybridized carbons (Fsp3) is 0.706. The van der Waals surface area contributed by atoms with Gasteiger partial charge in [-0.15, -0.1) is 0 Å². The van der Waals surface area contributed by atoms with Gasteiger partial charge < -0.3 is 4.74 Å². The molecule has 2 aromatic rings. The molecular formula is C34H56N2O. The van der Waals surface area contributed by atoms with Crippen LogP contribution in [-0.4, -0.2) is 16.6 Å². The van der Waals surface area contributed by atoms with Crippen LogP contribution in [0, 0.1) is 0 Å². The third-order valence-electron chi connectivity index (χ3n) is 7.43. The SMILES string of the molecule is CCCCCCCCCCCCCCc1ccc(-c2ncc(OCCCCCCCCCC)cn2)cc1. The lowest BCUT2D eigenvalue weighted by Crippen LogP contribution is -1.99. The Labute approximate surface area is 229 Å². The molecule has 1 aromatic carbocycles. The van der Waals surface area contributed by atoms with Crippen molar-refractivity contribution in [3.8, 4) is 17.1 Å². The van der Waals surface area contributed by atoms with E-state index >= 15 is 0 Å². The van der Waals surface area contributed by atoms with Gasteiger partial charge in [0.15, 0.2) is 11.6 Å². The molecule has 208 valence electrons. The molecule has 0 fully saturated rings. The molecule has 0 amide bonds. The highest BCUT2D eigenvalue weighted by Gasteiger charge is 2.03. The summed E-state index contributed by atoms with van der Waals surface area (Å²) in [5.74, 6) is 1.55. The summed E-state index contributed by atoms with van der Waals surface area (Å²) in [7, 11) is 0. The van der Waals surface area contributed by atoms with E-state index in [0.717, 1.165) is 30.2 Å². The quantitative estimate of drug-likeness (QED) is 0.132. The molecule has 1 aromatic heterocycles. The minimum atomic E-state index is 0.755. The highest BCUT2D eigenvalue weighted by molar-refractivity contribution is 5.55. The van der Waals surface area contributed by atoms with Crippen LogP contribution in [0.3, 0.4) is 0 Å². The van der Waals surface area contributed by atoms with Crippen LogP contribution in [0.15, 0.2) is 36.7 Å². The Balaban J connectivity index is 1.51. The van der Waals surface area contributed by atoms with E-state index in [2.05, 4.69) is 48.1 Å². The van der Waals surface area contributed by atoms with E-state index in [-0.39, 0.29) is 0 Å². The molecule has 0 saturated carbocycles. The zero-order valence-corrected chi connectivity index (χ0v) is 24.3. The van der Waals surface area contributed by atoms with Crippen molar-refractivity contribution in [2.75, 3.05) is 6.61 Å². The van der Waals surface area contributed by atoms with Gasteiger partial charge in [0.25, 0.3) is 0 Å². The monoisotopic (exact) mass is 508 g/mol. The molecule has 0 radical (unpaired) electrons. The smallest absolute Gasteiger partial charge is 0.159 e. The Hall–Kier alpha value is -1.90. The van der Waals surface area contributed by atoms with Gasteiger partial charge in [0.1, 0.15) is 0 Å². The van der Waals surface area contributed by atoms with Crippen molar-refractivity contribution >= 4 is 0 Å². The van der Waals surface area contributed by atoms with Gasteiger partial charge in [-0.05, 0) is 24.8 Å². The first-order valence-electron chi connectivity index (χ1n) is 15.9. The van der Waals surface area contributed by atoms with Crippen molar-refractivity contribution in [2.24, 2.45) is 0 Å². The lowest BCUT2D eigenvalue weighted by Gasteiger charge is -2.07. The molecule has 0 aliphatic carbocycles. The first-order valence-corrected chi connectivity index (χ1v) is 15.9. The van der Waals surface area contributed by atoms with Crippen molar-refractivity contribution < 1.29 is 4.74 Å². The average Bonchev–Trinajstić information content (AvgIpc) is 2.93. The maximum Gasteiger partial charge on any atom is 0.159 e. The van der Waals surface area contributed by atoms with Crippen LogP contribution in [0.1, 0.15) is 148 Å². The maximum atomic E-state index is 5.85. The molecule has 2 rings (SSSR count). The minimum absolute atomic E-state index is 0.755. The van der Waals surface area contributed by atoms with E-state index < -0.39 is 0 Å². The molecule has 37 heavy (non-hydrogen) atoms. The van der Waals surface area contributed by atoms with Crippen LogP contribution in [0.25, 0.3) is 11.4 Å². The number of unbranched alkanes of at least 4 members (excludes halogenated alkanes) is 18. The van der Waals surface area contributed by atoms with Crippen LogP contribution in [0.5, 0.6) is 5.75 Å². The fourth-order valence-corrected chi connectivity index (χ4v) is 4.96. The normalized spacial score (nSPS) is 11.2. The van der Waals surface area contributed by atoms with Gasteiger partial charge in [-0.2, -0.15) is 0 Å². The van der Waals surface area contributed by atoms with Crippen molar-refractivity contribution in [3.63, 3.8) is 0 Å². The molecule has 3 nitrogen and oxygen atoms in total. The molecule has 1 heterocycles. The summed E-state index contributed by atoms with van der Waals surface area (Å²) < 4.78 is 5.85. The second-order valence-corrected chi connectivity index (χ2v) is 10.9. The summed E-state index contributed by atoms with van der Waals surface area (Å²) in [6.07, 6.45) is 32.1. The zero-order chi connectivity index (χ0) is 26.2. The third kappa shape index (κ3) is 15.8. The molecule has 0 unspecified atom stereocenters. The highest BCUT2D eigenvalue weighted by Crippen LogP contribution is 2.19. The number of hydrogen-bond acceptors (Lipinski definition) is 3. The van der Waals surface area contributed by atoms with Gasteiger partial charge in [-0.1, -0.05) is 154 Å². The summed E-state index contributed by atoms with van der Waals surface area (Å²) >= 11 is 0. The predicted molar refractivity (Wildman–Crippen MR) is 160 cm³/mol. The molecule has 0 aliphatic rings. The van der Waals surface area contributed by atoms with E-state index in [0.29, 0.717) is 0 Å². The molecule has 0 bridgehead atoms. The molecule has 0 aliphatic heterocycles. The Morgan fingerprint density at radius 1 is 0.514 bits per heavy atom. The predicted octanol–water partition coefficient (Wildman–Crippen LogP) is 10.9. The van der Waals surface area contributed by atoms with Crippen molar-refractivity contribution in [1.82, 2.24) is 9.97 Å². The molecule has 0 atom stereocenters. The molecular weight excluding hydrogens is 452 g/mol. The van der Waals surface area contributed by atoms with E-state index in [4.69, 9.17) is 4.74 Å². The topological polar surface area (TPSA) is 35.0 Å². The van der Waals surface area contributed by atoms with Crippen LogP contribution in [0.4, 0.5) is 0 Å². The Kier molecular flexibility index (Phi) is 18.7. The van der Waals surface area contributed by atoms with Gasteiger partial charge in [0.2, 0.25) is 0 Å². The number of nitrogens with zero attached hydrogens (tertiary/aromatic N) is 2. The van der Waals surface area contributed by atoms with Crippen LogP contribution in [0.2, 0.25) is 0 Å². The fourth-order valence-electron chi connectivity index (χ4n) is 4.96. The van der Waals surface area contributed by atoms with Crippen molar-refractivity contribution in [2.45, 2.75) is 149 Å². The van der Waals surface area contributed by atoms with Gasteiger partial charge in [-0.25, -0.2) is 9.97 Å². The molecule has 0 N–H and O–H groups in total. The number of aryl methyl sites for hydroxylation is 1. The maximum absolute atomic E-state index is 5.85. The highest BCUT2D eigenvalue weighted by atomic mass is 16.5. The number of aromatic nitrogens is 2. The summed E-state index contributed by atoms with van der Waals surface area (Å²) in [5, 5.41) is 0. The Morgan fingerprint density at radius 2 is 0.946 bits per heavy atom. The first kappa shape index (κ1) is 31.3. The lowest BCUT2D eigenvalue weighted by molar-refractivity contribution is 0.302. The Bertz CT molecular complexity index is 756. The standard InChI is InChI=1S/C34H56N2O/c1-3-5-7-9-11-13-14-15-16-17-19-21-23-31-24-26-32(27-25-31)34-35-29-33(30-36-34)37-28-22-20-18-12-10-8-6-4-2/h24-27,29-30H,3-23,28H2,1-2H3. The van der Waals surface area contributed by atoms with E-state index in [9.17, 15) is 0 Å². The summed E-state index contributed by atoms with van der Waals surface area (Å²) in [6.45, 7) is 5.31. The minimum Gasteiger partial charge on any atom is -0.490 e. The second-order valence-electron chi connectivity index (χ2n) is 10.9. The van der Waals surface area contributed by atoms with Gasteiger partial charge in [-0.3, -0.25) is 0 Å². The van der Waals surface area contributed by atoms with Crippen LogP contribution >= 0.6 is 0 Å². The van der Waals surface area contributed by atoms with Crippen LogP contribution < -0.4 is 4.74 Å². The average molecular weight is 509 g/mol. The number of hydrogen-bond donors (Lipinski definition) is 0. The Morgan fingerprint density at radius 3 is 1.43 bits per heavy atom. The van der Waals surface area contributed by atoms with E-state index in [1.54, 1.807) is 0 Å². The first-order chi connectivity index (χ1) is 18.3. The molecule has 0 spiro atoms. The second kappa shape index (κ2) is 22.1. The van der Waals surface area contributed by atoms with Gasteiger partial charge in [0.05, 0.1) is 19.0 Å². The summed E-state index contributed by atoms with van der Waals surface area (Å²) in [6, 6.07) is 8.80. The van der Waals surface area contributed by atoms with E-state index in [1.165, 1.54) is 134 Å². The summed E-state index contributed by atoms with van der Waals surface area (Å²) in [5.41, 5.74) is 2.49. The third-order valence-corrected chi connectivity index (χ3v) is 7.43. The lowest BCUT2D eigenvalue weighted by atomic mass is 10.0. The number of benzene rings is 1. The van der Waals surface area contributed by atoms with Crippen LogP contribution in [-0.2, 0) is 6.42 Å². The molecule has 3 heteroatoms.